The third-order valence-corrected chi connectivity index (χ3v) is 4.38. The number of benzene rings is 1. The van der Waals surface area contributed by atoms with Crippen molar-refractivity contribution in [3.8, 4) is 0 Å². The van der Waals surface area contributed by atoms with Gasteiger partial charge in [-0.3, -0.25) is 0 Å². The van der Waals surface area contributed by atoms with Crippen LogP contribution in [-0.4, -0.2) is 22.8 Å². The highest BCUT2D eigenvalue weighted by atomic mass is 79.9. The highest BCUT2D eigenvalue weighted by Crippen LogP contribution is 2.31. The van der Waals surface area contributed by atoms with Gasteiger partial charge in [0.15, 0.2) is 0 Å². The first-order chi connectivity index (χ1) is 10.1. The molecule has 0 saturated carbocycles. The van der Waals surface area contributed by atoms with Crippen molar-refractivity contribution >= 4 is 39.2 Å². The van der Waals surface area contributed by atoms with E-state index in [9.17, 15) is 0 Å². The lowest BCUT2D eigenvalue weighted by molar-refractivity contribution is 0.142. The van der Waals surface area contributed by atoms with Crippen LogP contribution < -0.4 is 5.32 Å². The molecule has 0 saturated heterocycles. The molecule has 1 heterocycles. The van der Waals surface area contributed by atoms with Crippen LogP contribution in [0, 0.1) is 6.92 Å². The van der Waals surface area contributed by atoms with Crippen molar-refractivity contribution in [3.05, 3.63) is 39.6 Å². The number of aromatic nitrogens is 2. The van der Waals surface area contributed by atoms with Crippen LogP contribution in [0.5, 0.6) is 0 Å². The second-order valence-corrected chi connectivity index (χ2v) is 5.88. The summed E-state index contributed by atoms with van der Waals surface area (Å²) < 4.78 is 8.32. The molecular weight excluding hydrogens is 354 g/mol. The van der Waals surface area contributed by atoms with Gasteiger partial charge >= 0.3 is 0 Å². The van der Waals surface area contributed by atoms with Gasteiger partial charge in [-0.15, -0.1) is 0 Å². The number of hydrogen-bond donors (Lipinski definition) is 1. The molecule has 0 radical (unpaired) electrons. The van der Waals surface area contributed by atoms with Gasteiger partial charge in [-0.25, -0.2) is 4.98 Å². The van der Waals surface area contributed by atoms with Crippen molar-refractivity contribution in [2.45, 2.75) is 26.8 Å². The molecule has 2 aromatic rings. The molecule has 0 aliphatic heterocycles. The normalized spacial score (nSPS) is 10.9. The molecule has 1 aromatic carbocycles. The molecule has 21 heavy (non-hydrogen) atoms. The maximum atomic E-state index is 6.11. The summed E-state index contributed by atoms with van der Waals surface area (Å²) in [6, 6.07) is 5.71. The standard InChI is InChI=1S/C15H19BrClN3O/c1-3-21-9-5-8-20-10-11(2)18-15(20)19-13-7-4-6-12(17)14(13)16/h4,6-7,10H,3,5,8-9H2,1-2H3,(H,18,19). The Morgan fingerprint density at radius 3 is 3.00 bits per heavy atom. The SMILES string of the molecule is CCOCCCn1cc(C)nc1Nc1cccc(Cl)c1Br. The summed E-state index contributed by atoms with van der Waals surface area (Å²) in [6.45, 7) is 6.36. The Balaban J connectivity index is 2.10. The number of imidazole rings is 1. The average molecular weight is 373 g/mol. The first-order valence-corrected chi connectivity index (χ1v) is 8.11. The number of rotatable bonds is 7. The van der Waals surface area contributed by atoms with E-state index in [4.69, 9.17) is 16.3 Å². The zero-order valence-corrected chi connectivity index (χ0v) is 14.5. The topological polar surface area (TPSA) is 39.1 Å². The number of hydrogen-bond acceptors (Lipinski definition) is 3. The van der Waals surface area contributed by atoms with E-state index < -0.39 is 0 Å². The Morgan fingerprint density at radius 2 is 2.24 bits per heavy atom. The van der Waals surface area contributed by atoms with Gasteiger partial charge in [-0.1, -0.05) is 17.7 Å². The first kappa shape index (κ1) is 16.3. The van der Waals surface area contributed by atoms with Crippen LogP contribution in [0.1, 0.15) is 19.0 Å². The van der Waals surface area contributed by atoms with E-state index in [1.54, 1.807) is 0 Å². The Kier molecular flexibility index (Phi) is 6.08. The van der Waals surface area contributed by atoms with Crippen molar-refractivity contribution in [1.29, 1.82) is 0 Å². The van der Waals surface area contributed by atoms with Crippen LogP contribution in [0.2, 0.25) is 5.02 Å². The molecule has 114 valence electrons. The number of halogens is 2. The molecule has 1 N–H and O–H groups in total. The van der Waals surface area contributed by atoms with Crippen LogP contribution in [-0.2, 0) is 11.3 Å². The smallest absolute Gasteiger partial charge is 0.207 e. The van der Waals surface area contributed by atoms with E-state index in [1.165, 1.54) is 0 Å². The van der Waals surface area contributed by atoms with Gasteiger partial charge in [0.05, 0.1) is 20.9 Å². The van der Waals surface area contributed by atoms with Gasteiger partial charge in [-0.05, 0) is 48.3 Å². The summed E-state index contributed by atoms with van der Waals surface area (Å²) in [5, 5.41) is 4.00. The van der Waals surface area contributed by atoms with E-state index in [0.29, 0.717) is 5.02 Å². The van der Waals surface area contributed by atoms with Crippen LogP contribution in [0.3, 0.4) is 0 Å². The minimum atomic E-state index is 0.672. The predicted molar refractivity (Wildman–Crippen MR) is 90.5 cm³/mol. The predicted octanol–water partition coefficient (Wildman–Crippen LogP) is 4.78. The molecule has 0 aliphatic rings. The molecule has 0 unspecified atom stereocenters. The van der Waals surface area contributed by atoms with Crippen LogP contribution >= 0.6 is 27.5 Å². The summed E-state index contributed by atoms with van der Waals surface area (Å²) in [5.74, 6) is 0.812. The van der Waals surface area contributed by atoms with Gasteiger partial charge in [0.25, 0.3) is 0 Å². The fourth-order valence-corrected chi connectivity index (χ4v) is 2.56. The molecular formula is C15H19BrClN3O. The van der Waals surface area contributed by atoms with Gasteiger partial charge < -0.3 is 14.6 Å². The average Bonchev–Trinajstić information content (AvgIpc) is 2.80. The van der Waals surface area contributed by atoms with E-state index in [2.05, 4.69) is 30.8 Å². The second-order valence-electron chi connectivity index (χ2n) is 4.68. The van der Waals surface area contributed by atoms with E-state index >= 15 is 0 Å². The van der Waals surface area contributed by atoms with E-state index in [1.807, 2.05) is 38.2 Å². The van der Waals surface area contributed by atoms with Crippen molar-refractivity contribution in [1.82, 2.24) is 9.55 Å². The highest BCUT2D eigenvalue weighted by Gasteiger charge is 2.09. The molecule has 4 nitrogen and oxygen atoms in total. The van der Waals surface area contributed by atoms with Crippen molar-refractivity contribution < 1.29 is 4.74 Å². The molecule has 2 rings (SSSR count). The molecule has 0 amide bonds. The summed E-state index contributed by atoms with van der Waals surface area (Å²) in [7, 11) is 0. The molecule has 0 spiro atoms. The van der Waals surface area contributed by atoms with E-state index in [-0.39, 0.29) is 0 Å². The maximum Gasteiger partial charge on any atom is 0.207 e. The van der Waals surface area contributed by atoms with Crippen LogP contribution in [0.4, 0.5) is 11.6 Å². The third kappa shape index (κ3) is 4.46. The monoisotopic (exact) mass is 371 g/mol. The van der Waals surface area contributed by atoms with Crippen LogP contribution in [0.25, 0.3) is 0 Å². The summed E-state index contributed by atoms with van der Waals surface area (Å²) in [4.78, 5) is 4.52. The molecule has 0 aliphatic carbocycles. The minimum absolute atomic E-state index is 0.672. The Labute approximate surface area is 138 Å². The lowest BCUT2D eigenvalue weighted by Gasteiger charge is -2.11. The zero-order valence-electron chi connectivity index (χ0n) is 12.2. The number of ether oxygens (including phenoxy) is 1. The lowest BCUT2D eigenvalue weighted by Crippen LogP contribution is -2.06. The van der Waals surface area contributed by atoms with Crippen molar-refractivity contribution in [2.75, 3.05) is 18.5 Å². The van der Waals surface area contributed by atoms with Gasteiger partial charge in [0.2, 0.25) is 5.95 Å². The fraction of sp³-hybridized carbons (Fsp3) is 0.400. The van der Waals surface area contributed by atoms with E-state index in [0.717, 1.165) is 48.0 Å². The lowest BCUT2D eigenvalue weighted by atomic mass is 10.3. The van der Waals surface area contributed by atoms with Gasteiger partial charge in [-0.2, -0.15) is 0 Å². The highest BCUT2D eigenvalue weighted by molar-refractivity contribution is 9.10. The molecule has 1 aromatic heterocycles. The Hall–Kier alpha value is -1.04. The van der Waals surface area contributed by atoms with Crippen molar-refractivity contribution in [2.24, 2.45) is 0 Å². The molecule has 0 atom stereocenters. The van der Waals surface area contributed by atoms with Gasteiger partial charge in [0.1, 0.15) is 0 Å². The van der Waals surface area contributed by atoms with Gasteiger partial charge in [0, 0.05) is 26.0 Å². The summed E-state index contributed by atoms with van der Waals surface area (Å²) in [6.07, 6.45) is 2.99. The number of anilines is 2. The first-order valence-electron chi connectivity index (χ1n) is 6.94. The van der Waals surface area contributed by atoms with Crippen molar-refractivity contribution in [3.63, 3.8) is 0 Å². The summed E-state index contributed by atoms with van der Waals surface area (Å²) >= 11 is 9.60. The van der Waals surface area contributed by atoms with Crippen LogP contribution in [0.15, 0.2) is 28.9 Å². The number of nitrogens with zero attached hydrogens (tertiary/aromatic N) is 2. The Morgan fingerprint density at radius 1 is 1.43 bits per heavy atom. The second kappa shape index (κ2) is 7.82. The zero-order chi connectivity index (χ0) is 15.2. The maximum absolute atomic E-state index is 6.11. The summed E-state index contributed by atoms with van der Waals surface area (Å²) in [5.41, 5.74) is 1.88. The third-order valence-electron chi connectivity index (χ3n) is 2.99. The quantitative estimate of drug-likeness (QED) is 0.711. The largest absolute Gasteiger partial charge is 0.382 e. The number of nitrogens with one attached hydrogen (secondary N) is 1. The molecule has 0 bridgehead atoms. The Bertz CT molecular complexity index is 601. The molecule has 6 heteroatoms. The fourth-order valence-electron chi connectivity index (χ4n) is 2.02. The molecule has 0 fully saturated rings. The number of aryl methyl sites for hydroxylation is 2. The minimum Gasteiger partial charge on any atom is -0.382 e.